The molecule has 0 heterocycles. The first kappa shape index (κ1) is 15.9. The third-order valence-corrected chi connectivity index (χ3v) is 1.89. The van der Waals surface area contributed by atoms with Gasteiger partial charge in [-0.15, -0.1) is 0 Å². The second-order valence-electron chi connectivity index (χ2n) is 3.27. The van der Waals surface area contributed by atoms with Crippen molar-refractivity contribution in [3.63, 3.8) is 0 Å². The van der Waals surface area contributed by atoms with E-state index >= 15 is 0 Å². The van der Waals surface area contributed by atoms with E-state index in [-0.39, 0.29) is 17.3 Å². The number of carboxylic acid groups (broad SMARTS) is 1. The van der Waals surface area contributed by atoms with Crippen LogP contribution in [0.25, 0.3) is 0 Å². The molecule has 0 aliphatic heterocycles. The predicted octanol–water partition coefficient (Wildman–Crippen LogP) is 1.54. The maximum absolute atomic E-state index is 10.7. The van der Waals surface area contributed by atoms with Crippen molar-refractivity contribution in [1.82, 2.24) is 9.91 Å². The molecule has 18 heavy (non-hydrogen) atoms. The maximum Gasteiger partial charge on any atom is 0.427 e. The number of allylic oxidation sites excluding steroid dienone is 1. The molecule has 0 atom stereocenters. The molecular weight excluding hydrogens is 258 g/mol. The van der Waals surface area contributed by atoms with E-state index < -0.39 is 6.09 Å². The molecule has 0 aromatic carbocycles. The zero-order valence-electron chi connectivity index (χ0n) is 10.3. The Hall–Kier alpha value is -2.07. The molecule has 0 saturated carbocycles. The van der Waals surface area contributed by atoms with E-state index in [2.05, 4.69) is 10.1 Å². The van der Waals surface area contributed by atoms with Gasteiger partial charge in [0, 0.05) is 20.6 Å². The van der Waals surface area contributed by atoms with Crippen molar-refractivity contribution in [2.75, 3.05) is 20.6 Å². The van der Waals surface area contributed by atoms with Crippen LogP contribution in [-0.4, -0.2) is 54.3 Å². The molecule has 0 spiro atoms. The van der Waals surface area contributed by atoms with Gasteiger partial charge in [0.15, 0.2) is 0 Å². The number of hydrogen-bond donors (Lipinski definition) is 1. The summed E-state index contributed by atoms with van der Waals surface area (Å²) >= 11 is 5.77. The van der Waals surface area contributed by atoms with Gasteiger partial charge in [-0.05, 0) is 6.92 Å². The van der Waals surface area contributed by atoms with Gasteiger partial charge in [0.25, 0.3) is 0 Å². The number of nitrogens with zero attached hydrogens (tertiary/aromatic N) is 5. The molecule has 0 aromatic heterocycles. The summed E-state index contributed by atoms with van der Waals surface area (Å²) < 4.78 is 0. The van der Waals surface area contributed by atoms with Crippen LogP contribution in [0.5, 0.6) is 0 Å². The summed E-state index contributed by atoms with van der Waals surface area (Å²) in [5.41, 5.74) is -0.0190. The fraction of sp³-hybridized carbons (Fsp3) is 0.400. The first-order valence-corrected chi connectivity index (χ1v) is 5.35. The third kappa shape index (κ3) is 5.86. The smallest absolute Gasteiger partial charge is 0.427 e. The van der Waals surface area contributed by atoms with Gasteiger partial charge in [0.1, 0.15) is 16.8 Å². The molecule has 1 N–H and O–H groups in total. The minimum Gasteiger partial charge on any atom is -0.464 e. The van der Waals surface area contributed by atoms with E-state index in [0.717, 1.165) is 11.2 Å². The fourth-order valence-electron chi connectivity index (χ4n) is 0.758. The molecule has 0 fully saturated rings. The molecule has 8 heteroatoms. The van der Waals surface area contributed by atoms with Crippen LogP contribution in [0.4, 0.5) is 4.79 Å². The zero-order chi connectivity index (χ0) is 14.1. The molecule has 0 aliphatic rings. The van der Waals surface area contributed by atoms with Gasteiger partial charge in [-0.25, -0.2) is 9.79 Å². The zero-order valence-corrected chi connectivity index (χ0v) is 11.1. The molecule has 0 saturated heterocycles. The van der Waals surface area contributed by atoms with Gasteiger partial charge in [-0.1, -0.05) is 11.6 Å². The molecule has 1 amide bonds. The van der Waals surface area contributed by atoms with E-state index in [1.54, 1.807) is 32.0 Å². The van der Waals surface area contributed by atoms with Crippen LogP contribution < -0.4 is 0 Å². The van der Waals surface area contributed by atoms with Crippen LogP contribution in [0.2, 0.25) is 0 Å². The number of halogens is 1. The van der Waals surface area contributed by atoms with E-state index in [1.165, 1.54) is 6.34 Å². The predicted molar refractivity (Wildman–Crippen MR) is 69.6 cm³/mol. The van der Waals surface area contributed by atoms with Gasteiger partial charge in [-0.3, -0.25) is 0 Å². The van der Waals surface area contributed by atoms with Crippen molar-refractivity contribution in [2.24, 2.45) is 10.1 Å². The Morgan fingerprint density at radius 3 is 2.56 bits per heavy atom. The largest absolute Gasteiger partial charge is 0.464 e. The van der Waals surface area contributed by atoms with Crippen molar-refractivity contribution in [1.29, 1.82) is 5.26 Å². The molecule has 0 aromatic rings. The SMILES string of the molecule is CCN(N=CC(C#N)=C(Cl)N=CN(C)C)C(=O)O. The highest BCUT2D eigenvalue weighted by Gasteiger charge is 2.07. The normalized spacial score (nSPS) is 12.4. The van der Waals surface area contributed by atoms with Crippen molar-refractivity contribution in [3.05, 3.63) is 10.7 Å². The Kier molecular flexibility index (Phi) is 7.15. The maximum atomic E-state index is 10.7. The van der Waals surface area contributed by atoms with Crippen LogP contribution >= 0.6 is 11.6 Å². The van der Waals surface area contributed by atoms with Crippen LogP contribution in [0, 0.1) is 11.3 Å². The molecule has 0 rings (SSSR count). The number of nitriles is 1. The van der Waals surface area contributed by atoms with Gasteiger partial charge >= 0.3 is 6.09 Å². The number of hydrogen-bond acceptors (Lipinski definition) is 4. The van der Waals surface area contributed by atoms with E-state index in [9.17, 15) is 4.79 Å². The Balaban J connectivity index is 5.00. The highest BCUT2D eigenvalue weighted by Crippen LogP contribution is 2.08. The first-order chi connectivity index (χ1) is 8.42. The molecule has 98 valence electrons. The van der Waals surface area contributed by atoms with Gasteiger partial charge in [0.2, 0.25) is 0 Å². The summed E-state index contributed by atoms with van der Waals surface area (Å²) in [5.74, 6) is 0. The number of rotatable bonds is 5. The molecule has 0 radical (unpaired) electrons. The van der Waals surface area contributed by atoms with E-state index in [1.807, 2.05) is 0 Å². The van der Waals surface area contributed by atoms with E-state index in [0.29, 0.717) is 0 Å². The second kappa shape index (κ2) is 8.08. The average Bonchev–Trinajstić information content (AvgIpc) is 2.31. The fourth-order valence-corrected chi connectivity index (χ4v) is 0.892. The summed E-state index contributed by atoms with van der Waals surface area (Å²) in [7, 11) is 3.49. The summed E-state index contributed by atoms with van der Waals surface area (Å²) in [6, 6.07) is 1.79. The molecule has 0 aliphatic carbocycles. The summed E-state index contributed by atoms with van der Waals surface area (Å²) in [6.45, 7) is 1.79. The number of amides is 1. The molecule has 0 unspecified atom stereocenters. The lowest BCUT2D eigenvalue weighted by atomic mass is 10.3. The first-order valence-electron chi connectivity index (χ1n) is 4.97. The number of hydrazone groups is 1. The molecular formula is C10H14ClN5O2. The summed E-state index contributed by atoms with van der Waals surface area (Å²) in [5, 5.41) is 21.9. The number of aliphatic imine (C=N–C) groups is 1. The van der Waals surface area contributed by atoms with Crippen LogP contribution in [0.3, 0.4) is 0 Å². The lowest BCUT2D eigenvalue weighted by Crippen LogP contribution is -2.23. The quantitative estimate of drug-likeness (QED) is 0.270. The van der Waals surface area contributed by atoms with Gasteiger partial charge in [-0.2, -0.15) is 15.4 Å². The summed E-state index contributed by atoms with van der Waals surface area (Å²) in [4.78, 5) is 16.1. The minimum atomic E-state index is -1.21. The number of carbonyl (C=O) groups is 1. The van der Waals surface area contributed by atoms with E-state index in [4.69, 9.17) is 22.0 Å². The Morgan fingerprint density at radius 1 is 1.56 bits per heavy atom. The highest BCUT2D eigenvalue weighted by molar-refractivity contribution is 6.31. The highest BCUT2D eigenvalue weighted by atomic mass is 35.5. The Morgan fingerprint density at radius 2 is 2.17 bits per heavy atom. The van der Waals surface area contributed by atoms with Crippen molar-refractivity contribution >= 4 is 30.2 Å². The lowest BCUT2D eigenvalue weighted by molar-refractivity contribution is 0.150. The monoisotopic (exact) mass is 271 g/mol. The standard InChI is InChI=1S/C10H14ClN5O2/c1-4-16(10(17)18)14-6-8(5-12)9(11)13-7-15(2)3/h6-7H,4H2,1-3H3,(H,17,18). The van der Waals surface area contributed by atoms with Gasteiger partial charge < -0.3 is 10.0 Å². The van der Waals surface area contributed by atoms with Crippen LogP contribution in [0.1, 0.15) is 6.92 Å². The third-order valence-electron chi connectivity index (χ3n) is 1.59. The minimum absolute atomic E-state index is 0.0190. The summed E-state index contributed by atoms with van der Waals surface area (Å²) in [6.07, 6.45) is 1.27. The van der Waals surface area contributed by atoms with Crippen LogP contribution in [0.15, 0.2) is 20.8 Å². The average molecular weight is 272 g/mol. The Labute approximate surface area is 110 Å². The van der Waals surface area contributed by atoms with Crippen LogP contribution in [-0.2, 0) is 0 Å². The molecule has 7 nitrogen and oxygen atoms in total. The van der Waals surface area contributed by atoms with Crippen molar-refractivity contribution in [3.8, 4) is 6.07 Å². The van der Waals surface area contributed by atoms with Crippen molar-refractivity contribution in [2.45, 2.75) is 6.92 Å². The topological polar surface area (TPSA) is 92.3 Å². The second-order valence-corrected chi connectivity index (χ2v) is 3.63. The van der Waals surface area contributed by atoms with Crippen molar-refractivity contribution < 1.29 is 9.90 Å². The van der Waals surface area contributed by atoms with Gasteiger partial charge in [0.05, 0.1) is 12.6 Å². The Bertz CT molecular complexity index is 422. The molecule has 0 bridgehead atoms. The lowest BCUT2D eigenvalue weighted by Gasteiger charge is -2.08.